The predicted octanol–water partition coefficient (Wildman–Crippen LogP) is 1.72. The number of aliphatic hydroxyl groups excluding tert-OH is 1. The van der Waals surface area contributed by atoms with Crippen molar-refractivity contribution in [1.29, 1.82) is 0 Å². The Bertz CT molecular complexity index is 529. The molecule has 1 aromatic carbocycles. The molecule has 0 spiro atoms. The van der Waals surface area contributed by atoms with Crippen molar-refractivity contribution in [1.82, 2.24) is 0 Å². The molecular weight excluding hydrogens is 306 g/mol. The van der Waals surface area contributed by atoms with E-state index in [1.54, 1.807) is 0 Å². The molecule has 3 atom stereocenters. The van der Waals surface area contributed by atoms with E-state index in [1.165, 1.54) is 0 Å². The third kappa shape index (κ3) is 4.93. The van der Waals surface area contributed by atoms with Crippen LogP contribution in [0.5, 0.6) is 0 Å². The number of nitrogens with two attached hydrogens (primary N) is 2. The lowest BCUT2D eigenvalue weighted by Gasteiger charge is -2.23. The number of carbonyl (C=O) groups is 1. The molecule has 0 aromatic heterocycles. The molecule has 0 saturated carbocycles. The van der Waals surface area contributed by atoms with Crippen LogP contribution in [0.2, 0.25) is 0 Å². The Kier molecular flexibility index (Phi) is 6.60. The van der Waals surface area contributed by atoms with E-state index in [0.29, 0.717) is 6.61 Å². The fourth-order valence-electron chi connectivity index (χ4n) is 2.93. The zero-order valence-corrected chi connectivity index (χ0v) is 14.3. The number of epoxide rings is 1. The normalized spacial score (nSPS) is 22.0. The summed E-state index contributed by atoms with van der Waals surface area (Å²) in [6, 6.07) is 7.47. The molecule has 0 radical (unpaired) electrons. The van der Waals surface area contributed by atoms with Gasteiger partial charge in [-0.3, -0.25) is 4.79 Å². The number of benzene rings is 1. The van der Waals surface area contributed by atoms with Crippen molar-refractivity contribution in [3.05, 3.63) is 29.8 Å². The summed E-state index contributed by atoms with van der Waals surface area (Å²) in [7, 11) is 0. The van der Waals surface area contributed by atoms with Gasteiger partial charge in [0.05, 0.1) is 19.3 Å². The molecule has 1 aliphatic heterocycles. The van der Waals surface area contributed by atoms with E-state index < -0.39 is 5.72 Å². The van der Waals surface area contributed by atoms with Crippen molar-refractivity contribution in [2.24, 2.45) is 17.4 Å². The van der Waals surface area contributed by atoms with Gasteiger partial charge in [-0.15, -0.1) is 0 Å². The second-order valence-electron chi connectivity index (χ2n) is 6.56. The largest absolute Gasteiger partial charge is 0.392 e. The number of rotatable bonds is 11. The standard InChI is InChI=1S/C18H29N3O3/c1-2-14(17(20)23)5-3-4-6-16(19)18(12-24-18)21-15-9-7-13(11-22)8-10-15/h7-10,14,16,21-22H,2-6,11-12,19H2,1H3,(H2,20,23)/t14?,16-,18?/m0/s1. The highest BCUT2D eigenvalue weighted by Gasteiger charge is 2.50. The number of hydrogen-bond acceptors (Lipinski definition) is 5. The van der Waals surface area contributed by atoms with Gasteiger partial charge in [0, 0.05) is 11.6 Å². The van der Waals surface area contributed by atoms with Crippen LogP contribution < -0.4 is 16.8 Å². The number of carbonyl (C=O) groups excluding carboxylic acids is 1. The Labute approximate surface area is 143 Å². The summed E-state index contributed by atoms with van der Waals surface area (Å²) < 4.78 is 5.60. The Morgan fingerprint density at radius 1 is 1.33 bits per heavy atom. The monoisotopic (exact) mass is 335 g/mol. The Morgan fingerprint density at radius 3 is 2.46 bits per heavy atom. The number of ether oxygens (including phenoxy) is 1. The summed E-state index contributed by atoms with van der Waals surface area (Å²) in [5.74, 6) is -0.243. The zero-order chi connectivity index (χ0) is 17.6. The van der Waals surface area contributed by atoms with Gasteiger partial charge in [0.1, 0.15) is 0 Å². The third-order valence-electron chi connectivity index (χ3n) is 4.76. The van der Waals surface area contributed by atoms with Crippen LogP contribution in [-0.2, 0) is 16.1 Å². The van der Waals surface area contributed by atoms with E-state index >= 15 is 0 Å². The van der Waals surface area contributed by atoms with Gasteiger partial charge in [-0.25, -0.2) is 0 Å². The molecule has 24 heavy (non-hydrogen) atoms. The molecule has 1 heterocycles. The van der Waals surface area contributed by atoms with Gasteiger partial charge >= 0.3 is 0 Å². The summed E-state index contributed by atoms with van der Waals surface area (Å²) >= 11 is 0. The summed E-state index contributed by atoms with van der Waals surface area (Å²) in [6.45, 7) is 2.61. The Morgan fingerprint density at radius 2 is 1.96 bits per heavy atom. The average Bonchev–Trinajstić information content (AvgIpc) is 3.36. The van der Waals surface area contributed by atoms with Crippen LogP contribution in [0.15, 0.2) is 24.3 Å². The molecule has 1 saturated heterocycles. The van der Waals surface area contributed by atoms with Crippen molar-refractivity contribution in [3.8, 4) is 0 Å². The predicted molar refractivity (Wildman–Crippen MR) is 94.1 cm³/mol. The van der Waals surface area contributed by atoms with Crippen LogP contribution in [-0.4, -0.2) is 29.4 Å². The second-order valence-corrected chi connectivity index (χ2v) is 6.56. The molecule has 2 rings (SSSR count). The first-order chi connectivity index (χ1) is 11.5. The van der Waals surface area contributed by atoms with Crippen LogP contribution >= 0.6 is 0 Å². The smallest absolute Gasteiger partial charge is 0.220 e. The van der Waals surface area contributed by atoms with Gasteiger partial charge in [-0.05, 0) is 37.0 Å². The maximum Gasteiger partial charge on any atom is 0.220 e. The molecule has 6 heteroatoms. The summed E-state index contributed by atoms with van der Waals surface area (Å²) in [5, 5.41) is 12.4. The first-order valence-electron chi connectivity index (χ1n) is 8.67. The van der Waals surface area contributed by atoms with Crippen LogP contribution in [0.3, 0.4) is 0 Å². The highest BCUT2D eigenvalue weighted by Crippen LogP contribution is 2.33. The van der Waals surface area contributed by atoms with Gasteiger partial charge in [0.2, 0.25) is 5.91 Å². The summed E-state index contributed by atoms with van der Waals surface area (Å²) in [6.07, 6.45) is 4.33. The number of primary amides is 1. The van der Waals surface area contributed by atoms with E-state index in [4.69, 9.17) is 21.3 Å². The van der Waals surface area contributed by atoms with Gasteiger partial charge in [0.15, 0.2) is 5.72 Å². The van der Waals surface area contributed by atoms with Crippen molar-refractivity contribution in [3.63, 3.8) is 0 Å². The maximum atomic E-state index is 11.2. The summed E-state index contributed by atoms with van der Waals surface area (Å²) in [4.78, 5) is 11.2. The lowest BCUT2D eigenvalue weighted by atomic mass is 9.95. The quantitative estimate of drug-likeness (QED) is 0.363. The van der Waals surface area contributed by atoms with Gasteiger partial charge in [-0.1, -0.05) is 31.9 Å². The van der Waals surface area contributed by atoms with Crippen molar-refractivity contribution in [2.45, 2.75) is 57.4 Å². The molecule has 1 aromatic rings. The van der Waals surface area contributed by atoms with E-state index in [1.807, 2.05) is 31.2 Å². The molecule has 1 aliphatic rings. The van der Waals surface area contributed by atoms with Crippen LogP contribution in [0.1, 0.15) is 44.6 Å². The molecular formula is C18H29N3O3. The lowest BCUT2D eigenvalue weighted by molar-refractivity contribution is -0.122. The number of amides is 1. The number of unbranched alkanes of at least 4 members (excludes halogenated alkanes) is 1. The fraction of sp³-hybridized carbons (Fsp3) is 0.611. The van der Waals surface area contributed by atoms with Gasteiger partial charge < -0.3 is 26.6 Å². The first kappa shape index (κ1) is 18.7. The molecule has 1 amide bonds. The molecule has 1 fully saturated rings. The maximum absolute atomic E-state index is 11.2. The molecule has 0 aliphatic carbocycles. The zero-order valence-electron chi connectivity index (χ0n) is 14.3. The van der Waals surface area contributed by atoms with Crippen LogP contribution in [0, 0.1) is 5.92 Å². The number of hydrogen-bond donors (Lipinski definition) is 4. The van der Waals surface area contributed by atoms with E-state index in [9.17, 15) is 4.79 Å². The second kappa shape index (κ2) is 8.46. The highest BCUT2D eigenvalue weighted by molar-refractivity contribution is 5.76. The minimum absolute atomic E-state index is 0.0319. The van der Waals surface area contributed by atoms with E-state index in [2.05, 4.69) is 5.32 Å². The number of aliphatic hydroxyl groups is 1. The van der Waals surface area contributed by atoms with Crippen molar-refractivity contribution >= 4 is 11.6 Å². The number of anilines is 1. The molecule has 134 valence electrons. The summed E-state index contributed by atoms with van der Waals surface area (Å²) in [5.41, 5.74) is 13.0. The SMILES string of the molecule is CCC(CCCC[C@H](N)C1(Nc2ccc(CO)cc2)CO1)C(N)=O. The minimum atomic E-state index is -0.491. The Balaban J connectivity index is 1.76. The van der Waals surface area contributed by atoms with Crippen LogP contribution in [0.4, 0.5) is 5.69 Å². The fourth-order valence-corrected chi connectivity index (χ4v) is 2.93. The molecule has 2 unspecified atom stereocenters. The molecule has 6 N–H and O–H groups in total. The van der Waals surface area contributed by atoms with E-state index in [0.717, 1.165) is 43.4 Å². The highest BCUT2D eigenvalue weighted by atomic mass is 16.6. The lowest BCUT2D eigenvalue weighted by Crippen LogP contribution is -2.44. The van der Waals surface area contributed by atoms with Gasteiger partial charge in [-0.2, -0.15) is 0 Å². The topological polar surface area (TPSA) is 114 Å². The number of nitrogens with one attached hydrogen (secondary N) is 1. The van der Waals surface area contributed by atoms with Crippen molar-refractivity contribution in [2.75, 3.05) is 11.9 Å². The van der Waals surface area contributed by atoms with Gasteiger partial charge in [0.25, 0.3) is 0 Å². The van der Waals surface area contributed by atoms with Crippen molar-refractivity contribution < 1.29 is 14.6 Å². The van der Waals surface area contributed by atoms with Crippen LogP contribution in [0.25, 0.3) is 0 Å². The molecule has 6 nitrogen and oxygen atoms in total. The minimum Gasteiger partial charge on any atom is -0.392 e. The molecule has 0 bridgehead atoms. The van der Waals surface area contributed by atoms with E-state index in [-0.39, 0.29) is 24.5 Å². The third-order valence-corrected chi connectivity index (χ3v) is 4.76. The average molecular weight is 335 g/mol. The Hall–Kier alpha value is -1.63. The first-order valence-corrected chi connectivity index (χ1v) is 8.67.